The Kier molecular flexibility index (Phi) is 6.80. The predicted octanol–water partition coefficient (Wildman–Crippen LogP) is 5.07. The number of rotatable bonds is 9. The molecule has 3 aromatic rings. The fourth-order valence-electron chi connectivity index (χ4n) is 5.63. The first-order valence-corrected chi connectivity index (χ1v) is 13.9. The smallest absolute Gasteiger partial charge is 0.353 e. The number of anilines is 1. The van der Waals surface area contributed by atoms with Crippen molar-refractivity contribution in [3.63, 3.8) is 0 Å². The largest absolute Gasteiger partial charge is 0.410 e. The van der Waals surface area contributed by atoms with Crippen molar-refractivity contribution in [2.24, 2.45) is 5.92 Å². The van der Waals surface area contributed by atoms with Gasteiger partial charge in [-0.2, -0.15) is 0 Å². The number of thiophene rings is 2. The highest BCUT2D eigenvalue weighted by Crippen LogP contribution is 2.42. The van der Waals surface area contributed by atoms with Crippen LogP contribution in [0.15, 0.2) is 65.4 Å². The van der Waals surface area contributed by atoms with E-state index in [9.17, 15) is 9.90 Å². The lowest BCUT2D eigenvalue weighted by Gasteiger charge is -2.53. The van der Waals surface area contributed by atoms with Gasteiger partial charge < -0.3 is 14.7 Å². The molecule has 0 aliphatic carbocycles. The fourth-order valence-corrected chi connectivity index (χ4v) is 7.34. The number of esters is 1. The number of hydrogen-bond acceptors (Lipinski definition) is 6. The number of nitrogens with zero attached hydrogens (tertiary/aromatic N) is 2. The summed E-state index contributed by atoms with van der Waals surface area (Å²) < 4.78 is 7.10. The Hall–Kier alpha value is -2.19. The second-order valence-electron chi connectivity index (χ2n) is 9.70. The molecule has 5 heterocycles. The minimum Gasteiger partial charge on any atom is -0.410 e. The number of piperidine rings is 3. The fraction of sp³-hybridized carbons (Fsp3) is 0.444. The van der Waals surface area contributed by atoms with Gasteiger partial charge in [0, 0.05) is 45.0 Å². The number of aliphatic hydroxyl groups is 1. The van der Waals surface area contributed by atoms with Crippen LogP contribution in [0, 0.1) is 5.92 Å². The molecule has 5 nitrogen and oxygen atoms in total. The maximum atomic E-state index is 13.6. The van der Waals surface area contributed by atoms with Crippen LogP contribution in [-0.2, 0) is 15.1 Å². The van der Waals surface area contributed by atoms with Crippen molar-refractivity contribution < 1.29 is 19.1 Å². The molecule has 1 N–H and O–H groups in total. The third-order valence-corrected chi connectivity index (χ3v) is 9.66. The molecular weight excluding hydrogens is 464 g/mol. The molecule has 1 atom stereocenters. The van der Waals surface area contributed by atoms with Crippen LogP contribution in [0.5, 0.6) is 0 Å². The summed E-state index contributed by atoms with van der Waals surface area (Å²) in [5.41, 5.74) is -0.516. The number of carbonyl (C=O) groups is 1. The van der Waals surface area contributed by atoms with Gasteiger partial charge in [-0.05, 0) is 40.9 Å². The minimum absolute atomic E-state index is 0.187. The normalized spacial score (nSPS) is 24.2. The quantitative estimate of drug-likeness (QED) is 0.331. The van der Waals surface area contributed by atoms with Crippen LogP contribution in [0.3, 0.4) is 0 Å². The van der Waals surface area contributed by atoms with Gasteiger partial charge >= 0.3 is 5.97 Å². The number of ether oxygens (including phenoxy) is 1. The average Bonchev–Trinajstić information content (AvgIpc) is 3.60. The maximum Gasteiger partial charge on any atom is 0.353 e. The summed E-state index contributed by atoms with van der Waals surface area (Å²) in [5.74, 6) is 0.0789. The van der Waals surface area contributed by atoms with Gasteiger partial charge in [0.1, 0.15) is 0 Å². The van der Waals surface area contributed by atoms with Crippen LogP contribution in [0.25, 0.3) is 0 Å². The SMILES string of the molecule is CN(CCC[N+]12CCC(CC1)C[C@H]2OC(=O)C(O)(c1cccs1)c1cccs1)c1ccccc1. The predicted molar refractivity (Wildman–Crippen MR) is 138 cm³/mol. The second kappa shape index (κ2) is 9.82. The summed E-state index contributed by atoms with van der Waals surface area (Å²) in [4.78, 5) is 17.2. The molecule has 3 fully saturated rings. The van der Waals surface area contributed by atoms with Crippen molar-refractivity contribution in [2.45, 2.75) is 37.5 Å². The lowest BCUT2D eigenvalue weighted by molar-refractivity contribution is -0.984. The van der Waals surface area contributed by atoms with Crippen molar-refractivity contribution in [3.8, 4) is 0 Å². The van der Waals surface area contributed by atoms with Gasteiger partial charge in [0.15, 0.2) is 0 Å². The molecule has 34 heavy (non-hydrogen) atoms. The Balaban J connectivity index is 1.31. The molecule has 0 radical (unpaired) electrons. The van der Waals surface area contributed by atoms with Gasteiger partial charge in [-0.3, -0.25) is 4.48 Å². The van der Waals surface area contributed by atoms with Crippen LogP contribution in [0.2, 0.25) is 0 Å². The molecule has 180 valence electrons. The molecule has 6 rings (SSSR count). The van der Waals surface area contributed by atoms with E-state index < -0.39 is 11.6 Å². The van der Waals surface area contributed by atoms with Crippen molar-refractivity contribution in [1.82, 2.24) is 0 Å². The molecule has 1 aromatic carbocycles. The molecule has 3 aliphatic heterocycles. The van der Waals surface area contributed by atoms with Crippen molar-refractivity contribution >= 4 is 34.3 Å². The highest BCUT2D eigenvalue weighted by molar-refractivity contribution is 7.12. The molecule has 0 saturated carbocycles. The van der Waals surface area contributed by atoms with Crippen LogP contribution in [0.4, 0.5) is 5.69 Å². The van der Waals surface area contributed by atoms with Gasteiger partial charge in [-0.1, -0.05) is 30.3 Å². The minimum atomic E-state index is -1.74. The molecule has 0 unspecified atom stereocenters. The van der Waals surface area contributed by atoms with E-state index in [0.717, 1.165) is 43.5 Å². The van der Waals surface area contributed by atoms with E-state index in [1.165, 1.54) is 41.2 Å². The number of benzene rings is 1. The van der Waals surface area contributed by atoms with Gasteiger partial charge in [0.25, 0.3) is 0 Å². The summed E-state index contributed by atoms with van der Waals surface area (Å²) in [5, 5.41) is 15.5. The zero-order valence-electron chi connectivity index (χ0n) is 19.6. The molecule has 3 aliphatic rings. The summed E-state index contributed by atoms with van der Waals surface area (Å²) in [6.07, 6.45) is 4.13. The van der Waals surface area contributed by atoms with Crippen LogP contribution in [-0.4, -0.2) is 55.0 Å². The van der Waals surface area contributed by atoms with E-state index in [1.54, 1.807) is 0 Å². The van der Waals surface area contributed by atoms with Crippen molar-refractivity contribution in [2.75, 3.05) is 38.1 Å². The first kappa shape index (κ1) is 23.5. The molecule has 2 bridgehead atoms. The van der Waals surface area contributed by atoms with E-state index in [0.29, 0.717) is 15.7 Å². The first-order chi connectivity index (χ1) is 16.5. The topological polar surface area (TPSA) is 49.8 Å². The Bertz CT molecular complexity index is 1030. The van der Waals surface area contributed by atoms with E-state index in [4.69, 9.17) is 4.74 Å². The standard InChI is InChI=1S/C27H33N2O3S2/c1-28(22-8-3-2-4-9-22)14-7-15-29-16-12-21(13-17-29)20-25(29)32-26(30)27(31,23-10-5-18-33-23)24-11-6-19-34-24/h2-6,8-11,18-19,21,25,31H,7,12-17,20H2,1H3/q+1/t21?,25-,29?/m1/s1. The lowest BCUT2D eigenvalue weighted by Crippen LogP contribution is -2.66. The summed E-state index contributed by atoms with van der Waals surface area (Å²) in [6.45, 7) is 4.04. The molecule has 0 spiro atoms. The second-order valence-corrected chi connectivity index (χ2v) is 11.6. The molecule has 3 saturated heterocycles. The third kappa shape index (κ3) is 4.42. The van der Waals surface area contributed by atoms with Crippen LogP contribution >= 0.6 is 22.7 Å². The van der Waals surface area contributed by atoms with E-state index >= 15 is 0 Å². The zero-order valence-corrected chi connectivity index (χ0v) is 21.3. The summed E-state index contributed by atoms with van der Waals surface area (Å²) >= 11 is 2.79. The molecule has 7 heteroatoms. The Morgan fingerprint density at radius 2 is 1.71 bits per heavy atom. The third-order valence-electron chi connectivity index (χ3n) is 7.70. The highest BCUT2D eigenvalue weighted by Gasteiger charge is 2.52. The van der Waals surface area contributed by atoms with E-state index in [-0.39, 0.29) is 6.23 Å². The molecule has 0 amide bonds. The Morgan fingerprint density at radius 1 is 1.06 bits per heavy atom. The lowest BCUT2D eigenvalue weighted by atomic mass is 9.84. The molecular formula is C27H33N2O3S2+. The van der Waals surface area contributed by atoms with Crippen molar-refractivity contribution in [3.05, 3.63) is 75.1 Å². The monoisotopic (exact) mass is 497 g/mol. The van der Waals surface area contributed by atoms with Gasteiger partial charge in [0.05, 0.1) is 29.4 Å². The zero-order chi connectivity index (χ0) is 23.6. The van der Waals surface area contributed by atoms with Crippen molar-refractivity contribution in [1.29, 1.82) is 0 Å². The first-order valence-electron chi connectivity index (χ1n) is 12.1. The van der Waals surface area contributed by atoms with Crippen LogP contribution in [0.1, 0.15) is 35.4 Å². The van der Waals surface area contributed by atoms with E-state index in [1.807, 2.05) is 41.1 Å². The maximum absolute atomic E-state index is 13.6. The van der Waals surface area contributed by atoms with Gasteiger partial charge in [-0.25, -0.2) is 4.79 Å². The van der Waals surface area contributed by atoms with Crippen LogP contribution < -0.4 is 4.90 Å². The summed E-state index contributed by atoms with van der Waals surface area (Å²) in [6, 6.07) is 17.8. The Morgan fingerprint density at radius 3 is 2.29 bits per heavy atom. The Labute approximate surface area is 209 Å². The molecule has 2 aromatic heterocycles. The number of quaternary nitrogens is 1. The van der Waals surface area contributed by atoms with Gasteiger partial charge in [0.2, 0.25) is 11.8 Å². The number of hydrogen-bond donors (Lipinski definition) is 1. The number of para-hydroxylation sites is 1. The highest BCUT2D eigenvalue weighted by atomic mass is 32.1. The summed E-state index contributed by atoms with van der Waals surface area (Å²) in [7, 11) is 2.14. The average molecular weight is 498 g/mol. The number of fused-ring (bicyclic) bond motifs is 3. The van der Waals surface area contributed by atoms with Gasteiger partial charge in [-0.15, -0.1) is 22.7 Å². The number of carbonyl (C=O) groups excluding carboxylic acids is 1. The van der Waals surface area contributed by atoms with E-state index in [2.05, 4.69) is 36.2 Å².